The molecule has 0 radical (unpaired) electrons. The molecule has 1 aromatic heterocycles. The van der Waals surface area contributed by atoms with Gasteiger partial charge in [-0.05, 0) is 19.9 Å². The van der Waals surface area contributed by atoms with Crippen LogP contribution < -0.4 is 11.1 Å². The first-order valence-electron chi connectivity index (χ1n) is 4.97. The molecule has 1 amide bonds. The molecule has 1 rings (SSSR count). The summed E-state index contributed by atoms with van der Waals surface area (Å²) in [5.74, 6) is -0.168. The maximum atomic E-state index is 11.5. The van der Waals surface area contributed by atoms with Gasteiger partial charge in [-0.2, -0.15) is 0 Å². The predicted octanol–water partition coefficient (Wildman–Crippen LogP) is 0.752. The van der Waals surface area contributed by atoms with Crippen molar-refractivity contribution >= 4 is 11.6 Å². The molecule has 15 heavy (non-hydrogen) atoms. The van der Waals surface area contributed by atoms with Crippen molar-refractivity contribution in [1.29, 1.82) is 0 Å². The number of nitrogens with one attached hydrogen (secondary N) is 2. The Morgan fingerprint density at radius 1 is 1.73 bits per heavy atom. The smallest absolute Gasteiger partial charge is 0.267 e. The average Bonchev–Trinajstić information content (AvgIpc) is 2.62. The Morgan fingerprint density at radius 3 is 3.00 bits per heavy atom. The fourth-order valence-corrected chi connectivity index (χ4v) is 1.22. The Labute approximate surface area is 89.0 Å². The van der Waals surface area contributed by atoms with E-state index in [0.717, 1.165) is 0 Å². The molecule has 1 atom stereocenters. The first kappa shape index (κ1) is 11.6. The number of rotatable bonds is 5. The second kappa shape index (κ2) is 5.41. The van der Waals surface area contributed by atoms with E-state index in [2.05, 4.69) is 10.3 Å². The number of ether oxygens (including phenoxy) is 1. The van der Waals surface area contributed by atoms with Gasteiger partial charge in [0.25, 0.3) is 5.91 Å². The number of H-pyrrole nitrogens is 1. The third kappa shape index (κ3) is 3.63. The molecule has 0 saturated carbocycles. The number of nitrogens with two attached hydrogens (primary N) is 1. The van der Waals surface area contributed by atoms with Gasteiger partial charge >= 0.3 is 0 Å². The lowest BCUT2D eigenvalue weighted by Crippen LogP contribution is -2.32. The first-order valence-corrected chi connectivity index (χ1v) is 4.97. The zero-order valence-electron chi connectivity index (χ0n) is 9.04. The molecule has 0 aliphatic rings. The quantitative estimate of drug-likeness (QED) is 0.672. The highest BCUT2D eigenvalue weighted by atomic mass is 16.5. The molecule has 5 heteroatoms. The van der Waals surface area contributed by atoms with Gasteiger partial charge in [0, 0.05) is 25.0 Å². The summed E-state index contributed by atoms with van der Waals surface area (Å²) in [5, 5.41) is 2.75. The fraction of sp³-hybridized carbons (Fsp3) is 0.500. The highest BCUT2D eigenvalue weighted by molar-refractivity contribution is 5.93. The van der Waals surface area contributed by atoms with Gasteiger partial charge in [-0.3, -0.25) is 4.79 Å². The monoisotopic (exact) mass is 211 g/mol. The Bertz CT molecular complexity index is 322. The van der Waals surface area contributed by atoms with Crippen LogP contribution in [0.5, 0.6) is 0 Å². The van der Waals surface area contributed by atoms with Crippen LogP contribution in [0.25, 0.3) is 0 Å². The summed E-state index contributed by atoms with van der Waals surface area (Å²) < 4.78 is 5.28. The molecular formula is C10H17N3O2. The average molecular weight is 211 g/mol. The molecule has 0 fully saturated rings. The summed E-state index contributed by atoms with van der Waals surface area (Å²) in [7, 11) is 0. The lowest BCUT2D eigenvalue weighted by molar-refractivity contribution is 0.0693. The van der Waals surface area contributed by atoms with Crippen LogP contribution in [-0.4, -0.2) is 30.1 Å². The number of carbonyl (C=O) groups excluding carboxylic acids is 1. The van der Waals surface area contributed by atoms with Crippen LogP contribution in [-0.2, 0) is 4.74 Å². The Hall–Kier alpha value is -1.49. The minimum absolute atomic E-state index is 0.0197. The molecule has 0 aliphatic carbocycles. The van der Waals surface area contributed by atoms with Crippen LogP contribution in [0.1, 0.15) is 24.3 Å². The van der Waals surface area contributed by atoms with Crippen molar-refractivity contribution in [2.24, 2.45) is 0 Å². The Balaban J connectivity index is 2.36. The number of amides is 1. The predicted molar refractivity (Wildman–Crippen MR) is 58.6 cm³/mol. The van der Waals surface area contributed by atoms with Gasteiger partial charge < -0.3 is 20.8 Å². The van der Waals surface area contributed by atoms with Crippen LogP contribution in [0.4, 0.5) is 5.69 Å². The van der Waals surface area contributed by atoms with E-state index in [1.54, 1.807) is 12.3 Å². The standard InChI is InChI=1S/C10H17N3O2/c1-3-15-7(2)5-13-10(14)9-4-8(11)6-12-9/h4,6-7,12H,3,5,11H2,1-2H3,(H,13,14). The van der Waals surface area contributed by atoms with Crippen molar-refractivity contribution in [3.8, 4) is 0 Å². The summed E-state index contributed by atoms with van der Waals surface area (Å²) in [6.45, 7) is 4.97. The number of carbonyl (C=O) groups is 1. The highest BCUT2D eigenvalue weighted by Crippen LogP contribution is 2.03. The van der Waals surface area contributed by atoms with Gasteiger partial charge in [0.05, 0.1) is 6.10 Å². The topological polar surface area (TPSA) is 80.1 Å². The first-order chi connectivity index (χ1) is 7.13. The molecule has 1 unspecified atom stereocenters. The van der Waals surface area contributed by atoms with Crippen LogP contribution in [0.2, 0.25) is 0 Å². The SMILES string of the molecule is CCOC(C)CNC(=O)c1cc(N)c[nH]1. The summed E-state index contributed by atoms with van der Waals surface area (Å²) in [5.41, 5.74) is 6.51. The number of aromatic amines is 1. The molecule has 0 spiro atoms. The largest absolute Gasteiger partial charge is 0.397 e. The second-order valence-corrected chi connectivity index (χ2v) is 3.32. The van der Waals surface area contributed by atoms with Crippen molar-refractivity contribution in [2.75, 3.05) is 18.9 Å². The summed E-state index contributed by atoms with van der Waals surface area (Å²) in [6.07, 6.45) is 1.60. The van der Waals surface area contributed by atoms with Gasteiger partial charge in [0.15, 0.2) is 0 Å². The maximum absolute atomic E-state index is 11.5. The Morgan fingerprint density at radius 2 is 2.47 bits per heavy atom. The number of nitrogen functional groups attached to an aromatic ring is 1. The molecule has 5 nitrogen and oxygen atoms in total. The van der Waals surface area contributed by atoms with Crippen molar-refractivity contribution in [2.45, 2.75) is 20.0 Å². The zero-order chi connectivity index (χ0) is 11.3. The minimum Gasteiger partial charge on any atom is -0.397 e. The lowest BCUT2D eigenvalue weighted by atomic mass is 10.3. The minimum atomic E-state index is -0.168. The van der Waals surface area contributed by atoms with Crippen LogP contribution >= 0.6 is 0 Å². The fourth-order valence-electron chi connectivity index (χ4n) is 1.22. The maximum Gasteiger partial charge on any atom is 0.267 e. The van der Waals surface area contributed by atoms with E-state index in [0.29, 0.717) is 24.5 Å². The van der Waals surface area contributed by atoms with Crippen molar-refractivity contribution in [3.63, 3.8) is 0 Å². The molecule has 0 bridgehead atoms. The normalized spacial score (nSPS) is 12.4. The summed E-state index contributed by atoms with van der Waals surface area (Å²) >= 11 is 0. The molecule has 1 heterocycles. The van der Waals surface area contributed by atoms with Crippen molar-refractivity contribution < 1.29 is 9.53 Å². The zero-order valence-corrected chi connectivity index (χ0v) is 9.04. The third-order valence-electron chi connectivity index (χ3n) is 1.95. The molecule has 0 saturated heterocycles. The van der Waals surface area contributed by atoms with Crippen LogP contribution in [0.3, 0.4) is 0 Å². The van der Waals surface area contributed by atoms with Gasteiger partial charge in [-0.25, -0.2) is 0 Å². The third-order valence-corrected chi connectivity index (χ3v) is 1.95. The summed E-state index contributed by atoms with van der Waals surface area (Å²) in [6, 6.07) is 1.60. The van der Waals surface area contributed by atoms with E-state index >= 15 is 0 Å². The van der Waals surface area contributed by atoms with Gasteiger partial charge in [-0.1, -0.05) is 0 Å². The van der Waals surface area contributed by atoms with E-state index < -0.39 is 0 Å². The molecule has 0 aliphatic heterocycles. The number of anilines is 1. The van der Waals surface area contributed by atoms with Gasteiger partial charge in [-0.15, -0.1) is 0 Å². The van der Waals surface area contributed by atoms with Crippen molar-refractivity contribution in [1.82, 2.24) is 10.3 Å². The Kier molecular flexibility index (Phi) is 4.17. The molecule has 0 aromatic carbocycles. The van der Waals surface area contributed by atoms with Crippen LogP contribution in [0, 0.1) is 0 Å². The van der Waals surface area contributed by atoms with E-state index in [-0.39, 0.29) is 12.0 Å². The molecule has 1 aromatic rings. The lowest BCUT2D eigenvalue weighted by Gasteiger charge is -2.11. The van der Waals surface area contributed by atoms with E-state index in [1.165, 1.54) is 0 Å². The molecule has 4 N–H and O–H groups in total. The van der Waals surface area contributed by atoms with E-state index in [9.17, 15) is 4.79 Å². The number of hydrogen-bond acceptors (Lipinski definition) is 3. The van der Waals surface area contributed by atoms with E-state index in [1.807, 2.05) is 13.8 Å². The second-order valence-electron chi connectivity index (χ2n) is 3.32. The highest BCUT2D eigenvalue weighted by Gasteiger charge is 2.08. The molecule has 84 valence electrons. The number of hydrogen-bond donors (Lipinski definition) is 3. The molecular weight excluding hydrogens is 194 g/mol. The van der Waals surface area contributed by atoms with Gasteiger partial charge in [0.1, 0.15) is 5.69 Å². The van der Waals surface area contributed by atoms with Crippen LogP contribution in [0.15, 0.2) is 12.3 Å². The van der Waals surface area contributed by atoms with Gasteiger partial charge in [0.2, 0.25) is 0 Å². The number of aromatic nitrogens is 1. The van der Waals surface area contributed by atoms with E-state index in [4.69, 9.17) is 10.5 Å². The van der Waals surface area contributed by atoms with Crippen molar-refractivity contribution in [3.05, 3.63) is 18.0 Å². The summed E-state index contributed by atoms with van der Waals surface area (Å²) in [4.78, 5) is 14.3.